The van der Waals surface area contributed by atoms with Gasteiger partial charge in [-0.05, 0) is 95.8 Å². The maximum absolute atomic E-state index is 2.33. The minimum atomic E-state index is 0.151. The van der Waals surface area contributed by atoms with E-state index in [0.717, 1.165) is 0 Å². The number of hydrogen-bond donors (Lipinski definition) is 0. The molecule has 6 aromatic rings. The lowest BCUT2D eigenvalue weighted by molar-refractivity contribution is 0.660. The Morgan fingerprint density at radius 3 is 1.54 bits per heavy atom. The molecule has 0 spiro atoms. The van der Waals surface area contributed by atoms with Gasteiger partial charge in [0.1, 0.15) is 0 Å². The fourth-order valence-corrected chi connectivity index (χ4v) is 6.11. The number of fused-ring (bicyclic) bond motifs is 3. The van der Waals surface area contributed by atoms with E-state index in [-0.39, 0.29) is 5.41 Å². The molecule has 0 saturated heterocycles. The average Bonchev–Trinajstić information content (AvgIpc) is 3.31. The molecule has 0 aromatic heterocycles. The van der Waals surface area contributed by atoms with Crippen molar-refractivity contribution in [1.82, 2.24) is 0 Å². The summed E-state index contributed by atoms with van der Waals surface area (Å²) in [7, 11) is 0. The zero-order chi connectivity index (χ0) is 33.3. The first-order chi connectivity index (χ1) is 22.2. The highest BCUT2D eigenvalue weighted by molar-refractivity contribution is 5.80. The van der Waals surface area contributed by atoms with Gasteiger partial charge in [0.2, 0.25) is 0 Å². The normalized spacial score (nSPS) is 11.8. The molecule has 0 unspecified atom stereocenters. The maximum Gasteiger partial charge on any atom is 0.0158 e. The van der Waals surface area contributed by atoms with Gasteiger partial charge in [-0.15, -0.1) is 0 Å². The van der Waals surface area contributed by atoms with Crippen LogP contribution >= 0.6 is 0 Å². The van der Waals surface area contributed by atoms with Crippen molar-refractivity contribution in [2.45, 2.75) is 67.7 Å². The van der Waals surface area contributed by atoms with Crippen molar-refractivity contribution in [2.75, 3.05) is 0 Å². The van der Waals surface area contributed by atoms with E-state index in [0.29, 0.717) is 0 Å². The molecule has 6 aromatic carbocycles. The van der Waals surface area contributed by atoms with Gasteiger partial charge in [-0.25, -0.2) is 0 Å². The van der Waals surface area contributed by atoms with Gasteiger partial charge in [0.25, 0.3) is 0 Å². The predicted molar refractivity (Wildman–Crippen MR) is 203 cm³/mol. The van der Waals surface area contributed by atoms with Crippen molar-refractivity contribution in [3.63, 3.8) is 0 Å². The van der Waals surface area contributed by atoms with Crippen LogP contribution in [0.2, 0.25) is 0 Å². The van der Waals surface area contributed by atoms with E-state index in [1.54, 1.807) is 0 Å². The Hall–Kier alpha value is -4.68. The summed E-state index contributed by atoms with van der Waals surface area (Å²) in [5, 5.41) is 0. The third kappa shape index (κ3) is 7.75. The summed E-state index contributed by atoms with van der Waals surface area (Å²) in [4.78, 5) is 0. The minimum absolute atomic E-state index is 0.151. The van der Waals surface area contributed by atoms with Crippen LogP contribution in [0.3, 0.4) is 0 Å². The van der Waals surface area contributed by atoms with Gasteiger partial charge in [0.05, 0.1) is 0 Å². The van der Waals surface area contributed by atoms with Crippen LogP contribution in [0.25, 0.3) is 33.4 Å². The molecule has 0 saturated carbocycles. The lowest BCUT2D eigenvalue weighted by Gasteiger charge is -2.21. The molecule has 0 nitrogen and oxygen atoms in total. The standard InChI is InChI=1S/C16H16.C15H16.C13H12.C2H6/c1-11-8-9-13-12-6-4-5-7-14(12)16(2,3)15(13)10-11;1-11-8-6-10-15(13(11)3)14-9-5-4-7-12(14)2;1-11-7-9-13(10-8-11)12-5-3-2-4-6-12;1-2/h4-10H,1-3H3;4-10H,1-3H3;2-10H,1H3;1-2H3. The van der Waals surface area contributed by atoms with Crippen LogP contribution < -0.4 is 0 Å². The third-order valence-corrected chi connectivity index (χ3v) is 8.94. The van der Waals surface area contributed by atoms with Gasteiger partial charge in [-0.2, -0.15) is 0 Å². The van der Waals surface area contributed by atoms with Crippen LogP contribution in [0.5, 0.6) is 0 Å². The molecule has 0 amide bonds. The van der Waals surface area contributed by atoms with Crippen molar-refractivity contribution < 1.29 is 0 Å². The number of hydrogen-bond acceptors (Lipinski definition) is 0. The molecular formula is C46H50. The highest BCUT2D eigenvalue weighted by Gasteiger charge is 2.34. The SMILES string of the molecule is CC.Cc1ccc(-c2ccccc2)cc1.Cc1ccc2c(c1)C(C)(C)c1ccccc1-2.Cc1ccccc1-c1cccc(C)c1C. The average molecular weight is 603 g/mol. The van der Waals surface area contributed by atoms with E-state index in [9.17, 15) is 0 Å². The molecule has 7 rings (SSSR count). The zero-order valence-electron chi connectivity index (χ0n) is 29.3. The Balaban J connectivity index is 0.000000153. The Labute approximate surface area is 278 Å². The van der Waals surface area contributed by atoms with E-state index >= 15 is 0 Å². The molecular weight excluding hydrogens is 553 g/mol. The molecule has 0 radical (unpaired) electrons. The van der Waals surface area contributed by atoms with Crippen LogP contribution in [-0.2, 0) is 5.41 Å². The lowest BCUT2D eigenvalue weighted by atomic mass is 9.82. The molecule has 0 fully saturated rings. The van der Waals surface area contributed by atoms with E-state index in [1.165, 1.54) is 72.3 Å². The fraction of sp³-hybridized carbons (Fsp3) is 0.217. The molecule has 0 bridgehead atoms. The number of benzene rings is 6. The van der Waals surface area contributed by atoms with E-state index in [4.69, 9.17) is 0 Å². The highest BCUT2D eigenvalue weighted by Crippen LogP contribution is 2.48. The Morgan fingerprint density at radius 1 is 0.370 bits per heavy atom. The Bertz CT molecular complexity index is 1850. The minimum Gasteiger partial charge on any atom is -0.0683 e. The van der Waals surface area contributed by atoms with Crippen molar-refractivity contribution >= 4 is 0 Å². The second-order valence-corrected chi connectivity index (χ2v) is 12.5. The Kier molecular flexibility index (Phi) is 11.6. The molecule has 1 aliphatic carbocycles. The van der Waals surface area contributed by atoms with Gasteiger partial charge < -0.3 is 0 Å². The molecule has 0 atom stereocenters. The van der Waals surface area contributed by atoms with Crippen LogP contribution in [0.1, 0.15) is 66.6 Å². The maximum atomic E-state index is 2.33. The first-order valence-corrected chi connectivity index (χ1v) is 16.6. The predicted octanol–water partition coefficient (Wildman–Crippen LogP) is 13.3. The smallest absolute Gasteiger partial charge is 0.0158 e. The molecule has 1 aliphatic rings. The molecule has 0 heterocycles. The monoisotopic (exact) mass is 602 g/mol. The van der Waals surface area contributed by atoms with Gasteiger partial charge in [0.15, 0.2) is 0 Å². The summed E-state index contributed by atoms with van der Waals surface area (Å²) in [6, 6.07) is 49.6. The third-order valence-electron chi connectivity index (χ3n) is 8.94. The topological polar surface area (TPSA) is 0 Å². The molecule has 0 aliphatic heterocycles. The van der Waals surface area contributed by atoms with E-state index in [2.05, 4.69) is 182 Å². The van der Waals surface area contributed by atoms with Gasteiger partial charge in [0, 0.05) is 5.41 Å². The van der Waals surface area contributed by atoms with Crippen molar-refractivity contribution in [3.8, 4) is 33.4 Å². The van der Waals surface area contributed by atoms with Gasteiger partial charge in [-0.1, -0.05) is 178 Å². The van der Waals surface area contributed by atoms with Gasteiger partial charge >= 0.3 is 0 Å². The highest BCUT2D eigenvalue weighted by atomic mass is 14.4. The second-order valence-electron chi connectivity index (χ2n) is 12.5. The van der Waals surface area contributed by atoms with Crippen LogP contribution in [-0.4, -0.2) is 0 Å². The second kappa shape index (κ2) is 15.5. The van der Waals surface area contributed by atoms with E-state index < -0.39 is 0 Å². The molecule has 0 heteroatoms. The molecule has 0 N–H and O–H groups in total. The van der Waals surface area contributed by atoms with Crippen LogP contribution in [0.4, 0.5) is 0 Å². The lowest BCUT2D eigenvalue weighted by Crippen LogP contribution is -2.14. The first-order valence-electron chi connectivity index (χ1n) is 16.6. The van der Waals surface area contributed by atoms with Gasteiger partial charge in [-0.3, -0.25) is 0 Å². The Morgan fingerprint density at radius 2 is 0.870 bits per heavy atom. The van der Waals surface area contributed by atoms with Crippen LogP contribution in [0, 0.1) is 34.6 Å². The number of aryl methyl sites for hydroxylation is 4. The molecule has 46 heavy (non-hydrogen) atoms. The first kappa shape index (κ1) is 34.2. The molecule has 234 valence electrons. The van der Waals surface area contributed by atoms with Crippen LogP contribution in [0.15, 0.2) is 140 Å². The summed E-state index contributed by atoms with van der Waals surface area (Å²) >= 11 is 0. The van der Waals surface area contributed by atoms with Crippen molar-refractivity contribution in [3.05, 3.63) is 178 Å². The zero-order valence-corrected chi connectivity index (χ0v) is 29.3. The quantitative estimate of drug-likeness (QED) is 0.185. The van der Waals surface area contributed by atoms with E-state index in [1.807, 2.05) is 19.9 Å². The van der Waals surface area contributed by atoms with Crippen molar-refractivity contribution in [2.24, 2.45) is 0 Å². The summed E-state index contributed by atoms with van der Waals surface area (Å²) in [6.07, 6.45) is 0. The largest absolute Gasteiger partial charge is 0.0683 e. The summed E-state index contributed by atoms with van der Waals surface area (Å²) < 4.78 is 0. The fourth-order valence-electron chi connectivity index (χ4n) is 6.11. The number of rotatable bonds is 2. The summed E-state index contributed by atoms with van der Waals surface area (Å²) in [5.74, 6) is 0. The van der Waals surface area contributed by atoms with Crippen molar-refractivity contribution in [1.29, 1.82) is 0 Å². The summed E-state index contributed by atoms with van der Waals surface area (Å²) in [5.41, 5.74) is 17.9. The summed E-state index contributed by atoms with van der Waals surface area (Å²) in [6.45, 7) is 19.4.